The molecule has 0 saturated heterocycles. The summed E-state index contributed by atoms with van der Waals surface area (Å²) in [5.41, 5.74) is 8.60. The molecule has 0 saturated carbocycles. The summed E-state index contributed by atoms with van der Waals surface area (Å²) < 4.78 is 7.32. The molecule has 1 aromatic heterocycles. The first-order chi connectivity index (χ1) is 15.4. The number of ether oxygens (including phenoxy) is 1. The van der Waals surface area contributed by atoms with Crippen molar-refractivity contribution in [3.05, 3.63) is 110 Å². The molecule has 0 amide bonds. The van der Waals surface area contributed by atoms with Crippen molar-refractivity contribution < 1.29 is 9.94 Å². The maximum atomic E-state index is 13.6. The number of rotatable bonds is 5. The summed E-state index contributed by atoms with van der Waals surface area (Å²) in [7, 11) is 0. The number of hydrogen-bond donors (Lipinski definition) is 2. The highest BCUT2D eigenvalue weighted by molar-refractivity contribution is 5.57. The van der Waals surface area contributed by atoms with Crippen molar-refractivity contribution in [3.63, 3.8) is 0 Å². The van der Waals surface area contributed by atoms with E-state index >= 15 is 0 Å². The Bertz CT molecular complexity index is 1270. The van der Waals surface area contributed by atoms with Gasteiger partial charge in [0.1, 0.15) is 17.4 Å². The van der Waals surface area contributed by atoms with Gasteiger partial charge >= 0.3 is 0 Å². The van der Waals surface area contributed by atoms with Crippen molar-refractivity contribution in [1.29, 1.82) is 5.26 Å². The molecule has 0 radical (unpaired) electrons. The van der Waals surface area contributed by atoms with Gasteiger partial charge in [0.15, 0.2) is 0 Å². The normalized spacial score (nSPS) is 15.0. The van der Waals surface area contributed by atoms with Crippen molar-refractivity contribution in [2.75, 3.05) is 5.23 Å². The van der Waals surface area contributed by atoms with Gasteiger partial charge in [0.2, 0.25) is 5.88 Å². The Morgan fingerprint density at radius 1 is 1.22 bits per heavy atom. The van der Waals surface area contributed by atoms with Gasteiger partial charge in [-0.2, -0.15) is 5.26 Å². The first-order valence-electron chi connectivity index (χ1n) is 10.0. The number of nitrogens with two attached hydrogens (primary N) is 1. The van der Waals surface area contributed by atoms with Crippen LogP contribution in [0, 0.1) is 23.5 Å². The number of nitriles is 1. The van der Waals surface area contributed by atoms with E-state index in [4.69, 9.17) is 15.7 Å². The largest absolute Gasteiger partial charge is 0.733 e. The minimum Gasteiger partial charge on any atom is -0.733 e. The molecule has 1 aliphatic heterocycles. The molecule has 2 heterocycles. The summed E-state index contributed by atoms with van der Waals surface area (Å²) in [6.07, 6.45) is 0.666. The monoisotopic (exact) mass is 429 g/mol. The smallest absolute Gasteiger partial charge is 0.258 e. The Morgan fingerprint density at radius 2 is 1.91 bits per heavy atom. The molecule has 3 N–H and O–H groups in total. The van der Waals surface area contributed by atoms with Gasteiger partial charge in [-0.1, -0.05) is 42.5 Å². The molecule has 32 heavy (non-hydrogen) atoms. The molecule has 0 bridgehead atoms. The first kappa shape index (κ1) is 21.2. The van der Waals surface area contributed by atoms with E-state index in [1.807, 2.05) is 37.3 Å². The zero-order valence-corrected chi connectivity index (χ0v) is 17.4. The van der Waals surface area contributed by atoms with Crippen LogP contribution in [-0.2, 0) is 13.0 Å². The van der Waals surface area contributed by atoms with E-state index < -0.39 is 5.92 Å². The van der Waals surface area contributed by atoms with Crippen molar-refractivity contribution >= 4 is 5.69 Å². The van der Waals surface area contributed by atoms with Crippen molar-refractivity contribution in [2.24, 2.45) is 5.73 Å². The van der Waals surface area contributed by atoms with Crippen LogP contribution in [0.15, 0.2) is 76.9 Å². The van der Waals surface area contributed by atoms with E-state index in [-0.39, 0.29) is 27.9 Å². The van der Waals surface area contributed by atoms with E-state index in [0.29, 0.717) is 35.5 Å². The molecule has 8 nitrogen and oxygen atoms in total. The molecular formula is C24H21N4O4-. The fraction of sp³-hybridized carbons (Fsp3) is 0.167. The highest BCUT2D eigenvalue weighted by atomic mass is 16.8. The number of pyridine rings is 1. The van der Waals surface area contributed by atoms with Crippen LogP contribution in [0.25, 0.3) is 0 Å². The quantitative estimate of drug-likeness (QED) is 0.596. The SMILES string of the molecule is Cc1cc2c(c(=O)n1CCc1ccccc1)C(c1ccc(N([O-])O)cc1)C(C#N)=C(N)O2. The van der Waals surface area contributed by atoms with Gasteiger partial charge in [-0.05, 0) is 36.6 Å². The zero-order chi connectivity index (χ0) is 22.8. The van der Waals surface area contributed by atoms with Crippen molar-refractivity contribution in [3.8, 4) is 11.8 Å². The topological polar surface area (TPSA) is 128 Å². The number of anilines is 1. The van der Waals surface area contributed by atoms with Gasteiger partial charge in [-0.3, -0.25) is 10.0 Å². The lowest BCUT2D eigenvalue weighted by Gasteiger charge is -2.28. The maximum absolute atomic E-state index is 13.6. The summed E-state index contributed by atoms with van der Waals surface area (Å²) in [4.78, 5) is 13.6. The Labute approximate surface area is 184 Å². The van der Waals surface area contributed by atoms with Crippen LogP contribution in [0.2, 0.25) is 0 Å². The van der Waals surface area contributed by atoms with E-state index in [9.17, 15) is 15.3 Å². The second kappa shape index (κ2) is 8.59. The molecule has 1 aliphatic rings. The van der Waals surface area contributed by atoms with Gasteiger partial charge in [-0.25, -0.2) is 0 Å². The van der Waals surface area contributed by atoms with Crippen LogP contribution >= 0.6 is 0 Å². The Hall–Kier alpha value is -4.06. The molecule has 162 valence electrons. The van der Waals surface area contributed by atoms with Crippen molar-refractivity contribution in [1.82, 2.24) is 4.57 Å². The standard InChI is InChI=1S/C24H21N4O4/c1-15-13-20-22(24(29)27(15)12-11-16-5-3-2-4-6-16)21(19(14-25)23(26)32-20)17-7-9-18(10-8-17)28(30)31/h2-10,13,21,30H,11-12,26H2,1H3/q-1. The summed E-state index contributed by atoms with van der Waals surface area (Å²) in [5, 5.41) is 29.8. The minimum absolute atomic E-state index is 0.0284. The second-order valence-corrected chi connectivity index (χ2v) is 7.55. The molecular weight excluding hydrogens is 408 g/mol. The number of hydrogen-bond acceptors (Lipinski definition) is 7. The molecule has 2 aromatic carbocycles. The molecule has 3 aromatic rings. The second-order valence-electron chi connectivity index (χ2n) is 7.55. The highest BCUT2D eigenvalue weighted by Gasteiger charge is 2.34. The van der Waals surface area contributed by atoms with Crippen LogP contribution in [-0.4, -0.2) is 9.77 Å². The van der Waals surface area contributed by atoms with Gasteiger partial charge in [-0.15, -0.1) is 0 Å². The molecule has 1 unspecified atom stereocenters. The van der Waals surface area contributed by atoms with E-state index in [1.165, 1.54) is 12.1 Å². The maximum Gasteiger partial charge on any atom is 0.258 e. The number of nitrogens with zero attached hydrogens (tertiary/aromatic N) is 3. The van der Waals surface area contributed by atoms with Crippen LogP contribution < -0.4 is 21.3 Å². The summed E-state index contributed by atoms with van der Waals surface area (Å²) in [6, 6.07) is 19.6. The van der Waals surface area contributed by atoms with Gasteiger partial charge < -0.3 is 25.5 Å². The third-order valence-electron chi connectivity index (χ3n) is 5.60. The Balaban J connectivity index is 1.81. The van der Waals surface area contributed by atoms with Gasteiger partial charge in [0.05, 0.1) is 17.2 Å². The van der Waals surface area contributed by atoms with E-state index in [0.717, 1.165) is 5.56 Å². The number of aryl methyl sites for hydroxylation is 2. The molecule has 0 spiro atoms. The fourth-order valence-corrected chi connectivity index (χ4v) is 3.98. The number of allylic oxidation sites excluding steroid dienone is 1. The lowest BCUT2D eigenvalue weighted by atomic mass is 9.84. The number of fused-ring (bicyclic) bond motifs is 1. The minimum atomic E-state index is -0.757. The Kier molecular flexibility index (Phi) is 5.69. The van der Waals surface area contributed by atoms with Crippen LogP contribution in [0.5, 0.6) is 5.75 Å². The van der Waals surface area contributed by atoms with E-state index in [2.05, 4.69) is 6.07 Å². The zero-order valence-electron chi connectivity index (χ0n) is 17.4. The molecule has 4 rings (SSSR count). The summed E-state index contributed by atoms with van der Waals surface area (Å²) >= 11 is 0. The van der Waals surface area contributed by atoms with Crippen LogP contribution in [0.4, 0.5) is 5.69 Å². The molecule has 1 atom stereocenters. The third-order valence-corrected chi connectivity index (χ3v) is 5.60. The predicted octanol–water partition coefficient (Wildman–Crippen LogP) is 3.31. The lowest BCUT2D eigenvalue weighted by Crippen LogP contribution is -2.33. The van der Waals surface area contributed by atoms with E-state index in [1.54, 1.807) is 22.8 Å². The fourth-order valence-electron chi connectivity index (χ4n) is 3.98. The van der Waals surface area contributed by atoms with Crippen molar-refractivity contribution in [2.45, 2.75) is 25.8 Å². The van der Waals surface area contributed by atoms with Crippen LogP contribution in [0.1, 0.15) is 28.3 Å². The summed E-state index contributed by atoms with van der Waals surface area (Å²) in [5.74, 6) is -0.517. The number of benzene rings is 2. The van der Waals surface area contributed by atoms with Gasteiger partial charge in [0, 0.05) is 18.3 Å². The molecule has 0 fully saturated rings. The number of aromatic nitrogens is 1. The van der Waals surface area contributed by atoms with Gasteiger partial charge in [0.25, 0.3) is 5.56 Å². The predicted molar refractivity (Wildman–Crippen MR) is 119 cm³/mol. The Morgan fingerprint density at radius 3 is 2.53 bits per heavy atom. The average molecular weight is 429 g/mol. The summed E-state index contributed by atoms with van der Waals surface area (Å²) in [6.45, 7) is 2.29. The highest BCUT2D eigenvalue weighted by Crippen LogP contribution is 2.40. The molecule has 0 aliphatic carbocycles. The lowest BCUT2D eigenvalue weighted by molar-refractivity contribution is 0.296. The van der Waals surface area contributed by atoms with Crippen LogP contribution in [0.3, 0.4) is 0 Å². The molecule has 8 heteroatoms. The first-order valence-corrected chi connectivity index (χ1v) is 10.0. The third kappa shape index (κ3) is 3.83. The average Bonchev–Trinajstić information content (AvgIpc) is 2.78.